The molecule has 0 spiro atoms. The predicted molar refractivity (Wildman–Crippen MR) is 133 cm³/mol. The van der Waals surface area contributed by atoms with Crippen molar-refractivity contribution in [3.8, 4) is 5.75 Å². The molecule has 1 aromatic heterocycles. The van der Waals surface area contributed by atoms with Gasteiger partial charge in [0, 0.05) is 55.1 Å². The van der Waals surface area contributed by atoms with Gasteiger partial charge in [0.1, 0.15) is 5.75 Å². The van der Waals surface area contributed by atoms with Gasteiger partial charge in [0.15, 0.2) is 11.5 Å². The SMILES string of the molecule is COc1ccc(Cl)cc1N1CCN(c2nnc(C(=O)NCC3CCCO3)c3ccccc23)CC1. The first kappa shape index (κ1) is 22.7. The standard InChI is InChI=1S/C25H28ClN5O3/c1-33-22-9-8-17(26)15-21(22)30-10-12-31(13-11-30)24-20-7-3-2-6-19(20)23(28-29-24)25(32)27-16-18-5-4-14-34-18/h2-3,6-9,15,18H,4-5,10-14,16H2,1H3,(H,27,32). The number of piperazine rings is 1. The zero-order chi connectivity index (χ0) is 23.5. The summed E-state index contributed by atoms with van der Waals surface area (Å²) < 4.78 is 11.1. The van der Waals surface area contributed by atoms with Crippen LogP contribution in [0.5, 0.6) is 5.75 Å². The molecule has 34 heavy (non-hydrogen) atoms. The molecule has 0 aliphatic carbocycles. The Morgan fingerprint density at radius 2 is 1.88 bits per heavy atom. The minimum Gasteiger partial charge on any atom is -0.495 e. The van der Waals surface area contributed by atoms with Gasteiger partial charge in [0.2, 0.25) is 0 Å². The van der Waals surface area contributed by atoms with Crippen LogP contribution in [0.15, 0.2) is 42.5 Å². The Bertz CT molecular complexity index is 1180. The Morgan fingerprint density at radius 1 is 1.12 bits per heavy atom. The van der Waals surface area contributed by atoms with E-state index in [2.05, 4.69) is 25.3 Å². The highest BCUT2D eigenvalue weighted by molar-refractivity contribution is 6.31. The molecule has 8 nitrogen and oxygen atoms in total. The van der Waals surface area contributed by atoms with E-state index in [1.165, 1.54) is 0 Å². The summed E-state index contributed by atoms with van der Waals surface area (Å²) in [6.07, 6.45) is 2.09. The molecule has 0 bridgehead atoms. The summed E-state index contributed by atoms with van der Waals surface area (Å²) in [5, 5.41) is 14.2. The second-order valence-corrected chi connectivity index (χ2v) is 8.99. The van der Waals surface area contributed by atoms with Crippen molar-refractivity contribution >= 4 is 39.8 Å². The van der Waals surface area contributed by atoms with Gasteiger partial charge in [-0.25, -0.2) is 0 Å². The van der Waals surface area contributed by atoms with Crippen LogP contribution in [0.25, 0.3) is 10.8 Å². The van der Waals surface area contributed by atoms with E-state index in [9.17, 15) is 4.79 Å². The number of fused-ring (bicyclic) bond motifs is 1. The van der Waals surface area contributed by atoms with E-state index in [4.69, 9.17) is 21.1 Å². The van der Waals surface area contributed by atoms with Crippen LogP contribution in [0.4, 0.5) is 11.5 Å². The third-order valence-electron chi connectivity index (χ3n) is 6.46. The fourth-order valence-corrected chi connectivity index (χ4v) is 4.82. The molecule has 2 saturated heterocycles. The van der Waals surface area contributed by atoms with E-state index >= 15 is 0 Å². The Balaban J connectivity index is 1.33. The number of rotatable bonds is 6. The summed E-state index contributed by atoms with van der Waals surface area (Å²) in [6, 6.07) is 13.5. The number of ether oxygens (including phenoxy) is 2. The molecule has 3 heterocycles. The summed E-state index contributed by atoms with van der Waals surface area (Å²) in [4.78, 5) is 17.4. The Kier molecular flexibility index (Phi) is 6.69. The third kappa shape index (κ3) is 4.60. The van der Waals surface area contributed by atoms with Crippen LogP contribution in [-0.4, -0.2) is 68.6 Å². The second-order valence-electron chi connectivity index (χ2n) is 8.55. The van der Waals surface area contributed by atoms with E-state index in [1.807, 2.05) is 42.5 Å². The maximum Gasteiger partial charge on any atom is 0.272 e. The lowest BCUT2D eigenvalue weighted by molar-refractivity contribution is 0.0854. The minimum atomic E-state index is -0.219. The zero-order valence-corrected chi connectivity index (χ0v) is 19.9. The summed E-state index contributed by atoms with van der Waals surface area (Å²) in [6.45, 7) is 4.35. The molecule has 9 heteroatoms. The quantitative estimate of drug-likeness (QED) is 0.577. The van der Waals surface area contributed by atoms with Gasteiger partial charge in [-0.3, -0.25) is 4.79 Å². The smallest absolute Gasteiger partial charge is 0.272 e. The lowest BCUT2D eigenvalue weighted by Gasteiger charge is -2.37. The molecular formula is C25H28ClN5O3. The van der Waals surface area contributed by atoms with Crippen LogP contribution in [0, 0.1) is 0 Å². The number of hydrogen-bond donors (Lipinski definition) is 1. The number of anilines is 2. The van der Waals surface area contributed by atoms with Crippen LogP contribution in [0.2, 0.25) is 5.02 Å². The average molecular weight is 482 g/mol. The first-order valence-corrected chi connectivity index (χ1v) is 12.0. The number of halogens is 1. The number of carbonyl (C=O) groups excluding carboxylic acids is 1. The molecule has 1 atom stereocenters. The molecular weight excluding hydrogens is 454 g/mol. The molecule has 2 fully saturated rings. The number of nitrogens with zero attached hydrogens (tertiary/aromatic N) is 4. The van der Waals surface area contributed by atoms with Gasteiger partial charge in [-0.15, -0.1) is 10.2 Å². The lowest BCUT2D eigenvalue weighted by Crippen LogP contribution is -2.47. The van der Waals surface area contributed by atoms with Crippen LogP contribution in [-0.2, 0) is 4.74 Å². The molecule has 2 aromatic carbocycles. The third-order valence-corrected chi connectivity index (χ3v) is 6.69. The molecule has 178 valence electrons. The fraction of sp³-hybridized carbons (Fsp3) is 0.400. The van der Waals surface area contributed by atoms with Crippen molar-refractivity contribution in [1.82, 2.24) is 15.5 Å². The molecule has 0 radical (unpaired) electrons. The van der Waals surface area contributed by atoms with Crippen molar-refractivity contribution in [3.05, 3.63) is 53.2 Å². The number of nitrogens with one attached hydrogen (secondary N) is 1. The number of hydrogen-bond acceptors (Lipinski definition) is 7. The molecule has 1 N–H and O–H groups in total. The van der Waals surface area contributed by atoms with Crippen LogP contribution in [0.1, 0.15) is 23.3 Å². The van der Waals surface area contributed by atoms with Gasteiger partial charge >= 0.3 is 0 Å². The van der Waals surface area contributed by atoms with Crippen LogP contribution in [0.3, 0.4) is 0 Å². The summed E-state index contributed by atoms with van der Waals surface area (Å²) in [5.74, 6) is 1.38. The lowest BCUT2D eigenvalue weighted by atomic mass is 10.1. The molecule has 2 aliphatic heterocycles. The van der Waals surface area contributed by atoms with Crippen molar-refractivity contribution in [2.45, 2.75) is 18.9 Å². The van der Waals surface area contributed by atoms with Gasteiger partial charge < -0.3 is 24.6 Å². The van der Waals surface area contributed by atoms with Crippen molar-refractivity contribution in [3.63, 3.8) is 0 Å². The van der Waals surface area contributed by atoms with Crippen molar-refractivity contribution < 1.29 is 14.3 Å². The summed E-state index contributed by atoms with van der Waals surface area (Å²) in [7, 11) is 1.67. The Labute approximate surface area is 203 Å². The largest absolute Gasteiger partial charge is 0.495 e. The fourth-order valence-electron chi connectivity index (χ4n) is 4.66. The minimum absolute atomic E-state index is 0.0804. The van der Waals surface area contributed by atoms with Gasteiger partial charge in [0.05, 0.1) is 18.9 Å². The molecule has 2 aliphatic rings. The highest BCUT2D eigenvalue weighted by atomic mass is 35.5. The van der Waals surface area contributed by atoms with Crippen LogP contribution < -0.4 is 19.9 Å². The monoisotopic (exact) mass is 481 g/mol. The number of methoxy groups -OCH3 is 1. The highest BCUT2D eigenvalue weighted by Crippen LogP contribution is 2.33. The van der Waals surface area contributed by atoms with Gasteiger partial charge in [-0.05, 0) is 31.0 Å². The average Bonchev–Trinajstić information content (AvgIpc) is 3.40. The summed E-state index contributed by atoms with van der Waals surface area (Å²) in [5.41, 5.74) is 1.34. The number of benzene rings is 2. The first-order valence-electron chi connectivity index (χ1n) is 11.6. The maximum absolute atomic E-state index is 12.9. The molecule has 3 aromatic rings. The van der Waals surface area contributed by atoms with Crippen LogP contribution >= 0.6 is 11.6 Å². The first-order chi connectivity index (χ1) is 16.6. The van der Waals surface area contributed by atoms with Gasteiger partial charge in [-0.2, -0.15) is 0 Å². The number of amides is 1. The maximum atomic E-state index is 12.9. The van der Waals surface area contributed by atoms with E-state index in [-0.39, 0.29) is 12.0 Å². The van der Waals surface area contributed by atoms with Crippen molar-refractivity contribution in [2.24, 2.45) is 0 Å². The molecule has 0 saturated carbocycles. The Hall–Kier alpha value is -3.10. The van der Waals surface area contributed by atoms with Crippen molar-refractivity contribution in [1.29, 1.82) is 0 Å². The van der Waals surface area contributed by atoms with Gasteiger partial charge in [0.25, 0.3) is 5.91 Å². The van der Waals surface area contributed by atoms with E-state index in [1.54, 1.807) is 7.11 Å². The van der Waals surface area contributed by atoms with E-state index < -0.39 is 0 Å². The van der Waals surface area contributed by atoms with Crippen molar-refractivity contribution in [2.75, 3.05) is 56.2 Å². The van der Waals surface area contributed by atoms with E-state index in [0.717, 1.165) is 73.7 Å². The number of aromatic nitrogens is 2. The molecule has 1 unspecified atom stereocenters. The van der Waals surface area contributed by atoms with E-state index in [0.29, 0.717) is 17.3 Å². The summed E-state index contributed by atoms with van der Waals surface area (Å²) >= 11 is 6.23. The predicted octanol–water partition coefficient (Wildman–Crippen LogP) is 3.53. The van der Waals surface area contributed by atoms with Gasteiger partial charge in [-0.1, -0.05) is 35.9 Å². The normalized spacial score (nSPS) is 18.4. The second kappa shape index (κ2) is 10.0. The zero-order valence-electron chi connectivity index (χ0n) is 19.2. The Morgan fingerprint density at radius 3 is 2.62 bits per heavy atom. The topological polar surface area (TPSA) is 79.8 Å². The highest BCUT2D eigenvalue weighted by Gasteiger charge is 2.25. The molecule has 1 amide bonds. The molecule has 5 rings (SSSR count). The number of carbonyl (C=O) groups is 1.